The molecule has 0 saturated heterocycles. The molecule has 6 heteroatoms. The average Bonchev–Trinajstić information content (AvgIpc) is 2.81. The first-order valence-electron chi connectivity index (χ1n) is 7.00. The number of hydrogen-bond donors (Lipinski definition) is 2. The number of aliphatic hydroxyl groups excluding tert-OH is 1. The molecular formula is C16H16FN3O2. The molecule has 2 aromatic heterocycles. The second-order valence-corrected chi connectivity index (χ2v) is 5.23. The molecule has 0 unspecified atom stereocenters. The van der Waals surface area contributed by atoms with Crippen LogP contribution in [0.4, 0.5) is 4.39 Å². The second kappa shape index (κ2) is 5.38. The molecule has 0 saturated carbocycles. The lowest BCUT2D eigenvalue weighted by molar-refractivity contribution is 0.298. The van der Waals surface area contributed by atoms with E-state index < -0.39 is 0 Å². The van der Waals surface area contributed by atoms with E-state index in [9.17, 15) is 9.18 Å². The van der Waals surface area contributed by atoms with Gasteiger partial charge < -0.3 is 5.11 Å². The van der Waals surface area contributed by atoms with E-state index in [1.54, 1.807) is 19.1 Å². The van der Waals surface area contributed by atoms with Crippen molar-refractivity contribution in [3.8, 4) is 11.1 Å². The molecule has 0 atom stereocenters. The molecule has 114 valence electrons. The van der Waals surface area contributed by atoms with Crippen molar-refractivity contribution in [1.82, 2.24) is 14.6 Å². The molecule has 0 aliphatic carbocycles. The summed E-state index contributed by atoms with van der Waals surface area (Å²) in [4.78, 5) is 17.0. The summed E-state index contributed by atoms with van der Waals surface area (Å²) in [7, 11) is 0. The van der Waals surface area contributed by atoms with Crippen LogP contribution in [0.25, 0.3) is 16.8 Å². The minimum Gasteiger partial charge on any atom is -0.396 e. The fourth-order valence-electron chi connectivity index (χ4n) is 2.69. The molecule has 0 spiro atoms. The maximum absolute atomic E-state index is 13.1. The molecule has 2 N–H and O–H groups in total. The number of rotatable bonds is 3. The van der Waals surface area contributed by atoms with E-state index in [1.807, 2.05) is 6.92 Å². The van der Waals surface area contributed by atoms with Gasteiger partial charge in [0.15, 0.2) is 5.65 Å². The summed E-state index contributed by atoms with van der Waals surface area (Å²) in [6.45, 7) is 3.49. The van der Waals surface area contributed by atoms with Gasteiger partial charge in [-0.05, 0) is 31.5 Å². The molecule has 22 heavy (non-hydrogen) atoms. The van der Waals surface area contributed by atoms with Gasteiger partial charge in [0.05, 0.1) is 0 Å². The summed E-state index contributed by atoms with van der Waals surface area (Å²) in [6, 6.07) is 6.08. The highest BCUT2D eigenvalue weighted by atomic mass is 19.1. The second-order valence-electron chi connectivity index (χ2n) is 5.23. The standard InChI is InChI=1S/C16H16FN3O2/c1-9-13(7-8-21)16(22)20-15(18-9)14(10(2)19-20)11-3-5-12(17)6-4-11/h3-6,19,21H,7-8H2,1-2H3. The Labute approximate surface area is 126 Å². The van der Waals surface area contributed by atoms with Crippen LogP contribution < -0.4 is 5.56 Å². The quantitative estimate of drug-likeness (QED) is 0.777. The molecule has 0 bridgehead atoms. The average molecular weight is 301 g/mol. The zero-order valence-corrected chi connectivity index (χ0v) is 12.4. The molecule has 1 aromatic carbocycles. The number of hydrogen-bond acceptors (Lipinski definition) is 3. The van der Waals surface area contributed by atoms with Gasteiger partial charge in [0.1, 0.15) is 5.82 Å². The van der Waals surface area contributed by atoms with Crippen molar-refractivity contribution in [2.24, 2.45) is 0 Å². The van der Waals surface area contributed by atoms with Gasteiger partial charge in [0, 0.05) is 35.5 Å². The maximum atomic E-state index is 13.1. The summed E-state index contributed by atoms with van der Waals surface area (Å²) < 4.78 is 14.5. The summed E-state index contributed by atoms with van der Waals surface area (Å²) in [5.74, 6) is -0.312. The first-order chi connectivity index (χ1) is 10.5. The molecule has 0 amide bonds. The largest absolute Gasteiger partial charge is 0.396 e. The number of halogens is 1. The zero-order valence-electron chi connectivity index (χ0n) is 12.4. The third-order valence-electron chi connectivity index (χ3n) is 3.76. The zero-order chi connectivity index (χ0) is 15.9. The van der Waals surface area contributed by atoms with E-state index in [-0.39, 0.29) is 24.4 Å². The number of fused-ring (bicyclic) bond motifs is 1. The monoisotopic (exact) mass is 301 g/mol. The fourth-order valence-corrected chi connectivity index (χ4v) is 2.69. The Morgan fingerprint density at radius 1 is 1.27 bits per heavy atom. The van der Waals surface area contributed by atoms with E-state index >= 15 is 0 Å². The molecular weight excluding hydrogens is 285 g/mol. The predicted octanol–water partition coefficient (Wildman–Crippen LogP) is 1.98. The number of benzene rings is 1. The molecule has 2 heterocycles. The van der Waals surface area contributed by atoms with Crippen LogP contribution in [0.15, 0.2) is 29.1 Å². The number of aromatic amines is 1. The fraction of sp³-hybridized carbons (Fsp3) is 0.250. The van der Waals surface area contributed by atoms with E-state index in [2.05, 4.69) is 10.1 Å². The lowest BCUT2D eigenvalue weighted by atomic mass is 10.1. The number of aliphatic hydroxyl groups is 1. The molecule has 3 aromatic rings. The van der Waals surface area contributed by atoms with E-state index in [4.69, 9.17) is 5.11 Å². The molecule has 3 rings (SSSR count). The summed E-state index contributed by atoms with van der Waals surface area (Å²) >= 11 is 0. The number of H-pyrrole nitrogens is 1. The minimum absolute atomic E-state index is 0.103. The Balaban J connectivity index is 2.31. The third kappa shape index (κ3) is 2.21. The summed E-state index contributed by atoms with van der Waals surface area (Å²) in [6.07, 6.45) is 0.268. The summed E-state index contributed by atoms with van der Waals surface area (Å²) in [5, 5.41) is 12.1. The lowest BCUT2D eigenvalue weighted by Gasteiger charge is -2.05. The van der Waals surface area contributed by atoms with Gasteiger partial charge in [-0.1, -0.05) is 12.1 Å². The first-order valence-corrected chi connectivity index (χ1v) is 7.00. The highest BCUT2D eigenvalue weighted by Crippen LogP contribution is 2.27. The Morgan fingerprint density at radius 2 is 1.95 bits per heavy atom. The van der Waals surface area contributed by atoms with Gasteiger partial charge in [0.25, 0.3) is 5.56 Å². The van der Waals surface area contributed by atoms with E-state index in [0.29, 0.717) is 16.9 Å². The number of aromatic nitrogens is 3. The van der Waals surface area contributed by atoms with Crippen molar-refractivity contribution in [3.05, 3.63) is 57.4 Å². The number of aryl methyl sites for hydroxylation is 2. The van der Waals surface area contributed by atoms with Crippen LogP contribution in [0.2, 0.25) is 0 Å². The molecule has 0 radical (unpaired) electrons. The van der Waals surface area contributed by atoms with Crippen LogP contribution >= 0.6 is 0 Å². The third-order valence-corrected chi connectivity index (χ3v) is 3.76. The van der Waals surface area contributed by atoms with Crippen LogP contribution in [0, 0.1) is 19.7 Å². The van der Waals surface area contributed by atoms with Crippen LogP contribution in [0.3, 0.4) is 0 Å². The minimum atomic E-state index is -0.312. The Kier molecular flexibility index (Phi) is 3.54. The van der Waals surface area contributed by atoms with Crippen molar-refractivity contribution < 1.29 is 9.50 Å². The van der Waals surface area contributed by atoms with Gasteiger partial charge in [-0.2, -0.15) is 0 Å². The van der Waals surface area contributed by atoms with Crippen LogP contribution in [-0.2, 0) is 6.42 Å². The highest BCUT2D eigenvalue weighted by molar-refractivity contribution is 5.79. The lowest BCUT2D eigenvalue weighted by Crippen LogP contribution is -2.22. The van der Waals surface area contributed by atoms with Crippen LogP contribution in [-0.4, -0.2) is 26.3 Å². The Morgan fingerprint density at radius 3 is 2.59 bits per heavy atom. The van der Waals surface area contributed by atoms with Gasteiger partial charge in [-0.15, -0.1) is 0 Å². The van der Waals surface area contributed by atoms with Crippen LogP contribution in [0.1, 0.15) is 17.0 Å². The van der Waals surface area contributed by atoms with Crippen molar-refractivity contribution in [2.75, 3.05) is 6.61 Å². The Hall–Kier alpha value is -2.47. The van der Waals surface area contributed by atoms with E-state index in [0.717, 1.165) is 16.8 Å². The number of nitrogens with zero attached hydrogens (tertiary/aromatic N) is 2. The SMILES string of the molecule is Cc1nc2c(-c3ccc(F)cc3)c(C)[nH]n2c(=O)c1CCO. The summed E-state index contributed by atoms with van der Waals surface area (Å²) in [5.41, 5.74) is 3.72. The normalized spacial score (nSPS) is 11.3. The highest BCUT2D eigenvalue weighted by Gasteiger charge is 2.17. The van der Waals surface area contributed by atoms with E-state index in [1.165, 1.54) is 16.6 Å². The topological polar surface area (TPSA) is 70.4 Å². The van der Waals surface area contributed by atoms with Gasteiger partial charge in [0.2, 0.25) is 0 Å². The van der Waals surface area contributed by atoms with Crippen molar-refractivity contribution in [3.63, 3.8) is 0 Å². The number of nitrogens with one attached hydrogen (secondary N) is 1. The Bertz CT molecular complexity index is 894. The van der Waals surface area contributed by atoms with Gasteiger partial charge in [-0.25, -0.2) is 13.9 Å². The van der Waals surface area contributed by atoms with Gasteiger partial charge >= 0.3 is 0 Å². The van der Waals surface area contributed by atoms with Crippen molar-refractivity contribution in [2.45, 2.75) is 20.3 Å². The van der Waals surface area contributed by atoms with Crippen molar-refractivity contribution in [1.29, 1.82) is 0 Å². The van der Waals surface area contributed by atoms with Gasteiger partial charge in [-0.3, -0.25) is 9.89 Å². The van der Waals surface area contributed by atoms with Crippen molar-refractivity contribution >= 4 is 5.65 Å². The predicted molar refractivity (Wildman–Crippen MR) is 81.5 cm³/mol. The molecule has 5 nitrogen and oxygen atoms in total. The molecule has 0 aliphatic heterocycles. The smallest absolute Gasteiger partial charge is 0.276 e. The molecule has 0 aliphatic rings. The molecule has 0 fully saturated rings. The van der Waals surface area contributed by atoms with Crippen LogP contribution in [0.5, 0.6) is 0 Å². The first kappa shape index (κ1) is 14.5. The maximum Gasteiger partial charge on any atom is 0.276 e.